The molecule has 8 amide bonds. The van der Waals surface area contributed by atoms with E-state index in [-0.39, 0.29) is 150 Å². The number of carbonyl (C=O) groups excluding carboxylic acids is 8. The number of amides is 8. The van der Waals surface area contributed by atoms with Gasteiger partial charge in [0.05, 0.1) is 76.5 Å². The van der Waals surface area contributed by atoms with Gasteiger partial charge in [0.15, 0.2) is 0 Å². The van der Waals surface area contributed by atoms with Gasteiger partial charge in [0.1, 0.15) is 0 Å². The van der Waals surface area contributed by atoms with Crippen molar-refractivity contribution < 1.29 is 38.4 Å². The Bertz CT molecular complexity index is 3190. The van der Waals surface area contributed by atoms with Crippen molar-refractivity contribution in [2.75, 3.05) is 157 Å². The number of rotatable bonds is 16. The average molecular weight is 1420 g/mol. The Balaban J connectivity index is 0.959. The molecule has 24 nitrogen and oxygen atoms in total. The molecule has 8 bridgehead atoms. The van der Waals surface area contributed by atoms with E-state index in [1.165, 1.54) is 0 Å². The first-order chi connectivity index (χ1) is 50.4. The summed E-state index contributed by atoms with van der Waals surface area (Å²) in [4.78, 5) is 129. The van der Waals surface area contributed by atoms with E-state index in [2.05, 4.69) is 81.7 Å². The van der Waals surface area contributed by atoms with Gasteiger partial charge >= 0.3 is 0 Å². The van der Waals surface area contributed by atoms with Crippen molar-refractivity contribution in [2.45, 2.75) is 78.0 Å². The van der Waals surface area contributed by atoms with Crippen LogP contribution in [-0.4, -0.2) is 244 Å². The van der Waals surface area contributed by atoms with Crippen LogP contribution in [0.25, 0.3) is 0 Å². The Labute approximate surface area is 614 Å². The van der Waals surface area contributed by atoms with Crippen LogP contribution in [0.2, 0.25) is 0 Å². The number of nitrogens with zero attached hydrogens (tertiary/aromatic N) is 8. The number of nitrogens with one attached hydrogen (secondary N) is 8. The zero-order chi connectivity index (χ0) is 73.4. The fourth-order valence-electron chi connectivity index (χ4n) is 13.2. The van der Waals surface area contributed by atoms with Crippen LogP contribution in [0, 0.1) is 0 Å². The molecule has 0 unspecified atom stereocenters. The molecular formula is C80H108N16O8. The molecule has 4 aliphatic heterocycles. The topological polar surface area (TPSA) is 259 Å². The largest absolute Gasteiger partial charge is 0.351 e. The molecule has 0 aliphatic carbocycles. The van der Waals surface area contributed by atoms with E-state index in [1.807, 2.05) is 198 Å². The summed E-state index contributed by atoms with van der Waals surface area (Å²) in [5.74, 6) is -1.45. The van der Waals surface area contributed by atoms with Crippen molar-refractivity contribution in [1.82, 2.24) is 81.7 Å². The molecule has 2 saturated heterocycles. The van der Waals surface area contributed by atoms with Gasteiger partial charge in [-0.05, 0) is 72.2 Å². The summed E-state index contributed by atoms with van der Waals surface area (Å²) in [6.45, 7) is 16.0. The van der Waals surface area contributed by atoms with Gasteiger partial charge in [-0.15, -0.1) is 0 Å². The minimum Gasteiger partial charge on any atom is -0.351 e. The molecule has 104 heavy (non-hydrogen) atoms. The van der Waals surface area contributed by atoms with Crippen molar-refractivity contribution in [3.05, 3.63) is 214 Å². The Hall–Kier alpha value is -9.24. The van der Waals surface area contributed by atoms with E-state index in [9.17, 15) is 38.4 Å². The van der Waals surface area contributed by atoms with Gasteiger partial charge in [-0.1, -0.05) is 170 Å². The zero-order valence-electron chi connectivity index (χ0n) is 61.1. The van der Waals surface area contributed by atoms with E-state index in [0.29, 0.717) is 105 Å². The average Bonchev–Trinajstić information content (AvgIpc) is 1.03. The third kappa shape index (κ3) is 28.1. The number of hydrogen-bond donors (Lipinski definition) is 8. The van der Waals surface area contributed by atoms with Gasteiger partial charge in [-0.25, -0.2) is 0 Å². The fourth-order valence-corrected chi connectivity index (χ4v) is 13.2. The van der Waals surface area contributed by atoms with Crippen molar-refractivity contribution in [3.8, 4) is 0 Å². The second-order valence-corrected chi connectivity index (χ2v) is 27.8. The van der Waals surface area contributed by atoms with Gasteiger partial charge in [-0.3, -0.25) is 77.6 Å². The van der Waals surface area contributed by atoms with Crippen LogP contribution in [0.4, 0.5) is 0 Å². The lowest BCUT2D eigenvalue weighted by atomic mass is 10.1. The highest BCUT2D eigenvalue weighted by Crippen LogP contribution is 2.17. The molecule has 556 valence electrons. The predicted octanol–water partition coefficient (Wildman–Crippen LogP) is 3.82. The lowest BCUT2D eigenvalue weighted by molar-refractivity contribution is -0.125. The first-order valence-electron chi connectivity index (χ1n) is 36.8. The number of fused-ring (bicyclic) bond motifs is 20. The molecule has 0 spiro atoms. The summed E-state index contributed by atoms with van der Waals surface area (Å²) in [7, 11) is 0. The molecule has 4 aliphatic rings. The highest BCUT2D eigenvalue weighted by Gasteiger charge is 2.27. The van der Waals surface area contributed by atoms with E-state index < -0.39 is 0 Å². The maximum atomic E-state index is 14.2. The van der Waals surface area contributed by atoms with Crippen molar-refractivity contribution in [3.63, 3.8) is 0 Å². The summed E-state index contributed by atoms with van der Waals surface area (Å²) < 4.78 is 0. The molecule has 24 heteroatoms. The number of hydrogen-bond acceptors (Lipinski definition) is 16. The second kappa shape index (κ2) is 41.9. The predicted molar refractivity (Wildman–Crippen MR) is 404 cm³/mol. The highest BCUT2D eigenvalue weighted by atomic mass is 16.2. The van der Waals surface area contributed by atoms with Crippen LogP contribution in [0.15, 0.2) is 170 Å². The van der Waals surface area contributed by atoms with Gasteiger partial charge < -0.3 is 42.5 Å². The van der Waals surface area contributed by atoms with Gasteiger partial charge in [0.2, 0.25) is 47.3 Å². The molecule has 0 saturated carbocycles. The van der Waals surface area contributed by atoms with Crippen molar-refractivity contribution in [2.24, 2.45) is 0 Å². The van der Waals surface area contributed by atoms with Crippen LogP contribution in [0.1, 0.15) is 96.4 Å². The van der Waals surface area contributed by atoms with Crippen LogP contribution >= 0.6 is 0 Å². The minimum atomic E-state index is -0.239. The molecular weight excluding hydrogens is 1310 g/mol. The van der Waals surface area contributed by atoms with E-state index >= 15 is 0 Å². The summed E-state index contributed by atoms with van der Waals surface area (Å²) in [6.07, 6.45) is 0. The summed E-state index contributed by atoms with van der Waals surface area (Å²) in [5, 5.41) is 25.3. The maximum Gasteiger partial charge on any atom is 0.234 e. The monoisotopic (exact) mass is 1420 g/mol. The van der Waals surface area contributed by atoms with Crippen LogP contribution in [-0.2, 0) is 64.5 Å². The number of carbonyl (C=O) groups is 8. The van der Waals surface area contributed by atoms with E-state index in [1.54, 1.807) is 0 Å². The SMILES string of the molecule is C[C@@H](NC(=O)CN1CCN2CCN(CC(=O)N[C@H](C)c3ccccc3)CCN(CC1)CC(=O)NCc1cccc(c1)CNC(=O)CN1CCN(CC(=O)N[C@H](C)c3ccccc3)CCN(CCN(CC(=O)N[C@H](C)c3ccccc3)CC1)CC(=O)NCc1cccc(c1)CNC(=O)C2)c1ccccc1. The molecule has 6 aromatic carbocycles. The fraction of sp³-hybridized carbons (Fsp3) is 0.450. The second-order valence-electron chi connectivity index (χ2n) is 27.8. The van der Waals surface area contributed by atoms with E-state index in [0.717, 1.165) is 44.5 Å². The Morgan fingerprint density at radius 3 is 0.673 bits per heavy atom. The lowest BCUT2D eigenvalue weighted by Crippen LogP contribution is -2.51. The zero-order valence-corrected chi connectivity index (χ0v) is 61.1. The first kappa shape index (κ1) is 78.9. The summed E-state index contributed by atoms with van der Waals surface area (Å²) in [5.41, 5.74) is 7.27. The van der Waals surface area contributed by atoms with Gasteiger partial charge in [0, 0.05) is 131 Å². The molecule has 4 heterocycles. The maximum absolute atomic E-state index is 14.2. The van der Waals surface area contributed by atoms with Crippen molar-refractivity contribution in [1.29, 1.82) is 0 Å². The Kier molecular flexibility index (Phi) is 31.8. The summed E-state index contributed by atoms with van der Waals surface area (Å²) >= 11 is 0. The lowest BCUT2D eigenvalue weighted by Gasteiger charge is -2.34. The minimum absolute atomic E-state index is 0.0432. The third-order valence-corrected chi connectivity index (χ3v) is 19.4. The molecule has 10 rings (SSSR count). The van der Waals surface area contributed by atoms with Crippen molar-refractivity contribution >= 4 is 47.3 Å². The molecule has 4 atom stereocenters. The normalized spacial score (nSPS) is 21.1. The molecule has 8 N–H and O–H groups in total. The number of benzene rings is 6. The first-order valence-corrected chi connectivity index (χ1v) is 36.8. The molecule has 6 aromatic rings. The van der Waals surface area contributed by atoms with Gasteiger partial charge in [0.25, 0.3) is 0 Å². The Morgan fingerprint density at radius 2 is 0.481 bits per heavy atom. The standard InChI is InChI=1S/C80H108N16O8/c1-61(69-23-9-5-10-24-69)85-77(101)57-93-39-31-89-33-41-94(58-78(102)86-62(2)70-25-11-6-12-26-70)42-34-90(32-40-93)54-74(98)82-50-66-20-18-22-68(48-66)52-84-76(100)56-92-36-44-95(59-79(103)87-63(3)71-27-13-7-14-28-71)43-35-91(55-75(99)83-51-67-21-17-19-65(47-67)49-81-73(97)53-89)37-45-96(46-38-92)60-80(104)88-64(4)72-29-15-8-16-30-72/h5-30,47-48,61-64H,31-46,49-60H2,1-4H3,(H,81,97)(H,82,98)(H,83,99)(H,84,100)(H,85,101)(H,86,102)(H,87,103)(H,88,104)/t61-,62-,63-,64-/m1/s1. The smallest absolute Gasteiger partial charge is 0.234 e. The third-order valence-electron chi connectivity index (χ3n) is 19.4. The summed E-state index contributed by atoms with van der Waals surface area (Å²) in [6, 6.07) is 53.7. The quantitative estimate of drug-likeness (QED) is 0.0686. The highest BCUT2D eigenvalue weighted by molar-refractivity contribution is 5.81. The molecule has 2 fully saturated rings. The van der Waals surface area contributed by atoms with Gasteiger partial charge in [-0.2, -0.15) is 0 Å². The van der Waals surface area contributed by atoms with Crippen LogP contribution in [0.5, 0.6) is 0 Å². The van der Waals surface area contributed by atoms with E-state index in [4.69, 9.17) is 0 Å². The molecule has 0 radical (unpaired) electrons. The molecule has 0 aromatic heterocycles. The van der Waals surface area contributed by atoms with Crippen LogP contribution in [0.3, 0.4) is 0 Å². The van der Waals surface area contributed by atoms with Crippen LogP contribution < -0.4 is 42.5 Å². The Morgan fingerprint density at radius 1 is 0.288 bits per heavy atom.